The molecule has 0 aliphatic heterocycles. The highest BCUT2D eigenvalue weighted by Crippen LogP contribution is 2.28. The molecule has 0 saturated heterocycles. The van der Waals surface area contributed by atoms with Gasteiger partial charge in [0.2, 0.25) is 15.9 Å². The van der Waals surface area contributed by atoms with Crippen LogP contribution >= 0.6 is 23.2 Å². The fourth-order valence-electron chi connectivity index (χ4n) is 3.54. The van der Waals surface area contributed by atoms with Gasteiger partial charge >= 0.3 is 0 Å². The Balaban J connectivity index is 1.67. The fourth-order valence-corrected chi connectivity index (χ4v) is 5.03. The molecule has 0 fully saturated rings. The summed E-state index contributed by atoms with van der Waals surface area (Å²) in [6, 6.07) is 12.7. The van der Waals surface area contributed by atoms with Gasteiger partial charge in [0.25, 0.3) is 5.91 Å². The minimum Gasteiger partial charge on any atom is -0.326 e. The molecule has 1 heterocycles. The molecule has 3 rings (SSSR count). The fraction of sp³-hybridized carbons (Fsp3) is 0.208. The molecule has 0 unspecified atom stereocenters. The van der Waals surface area contributed by atoms with Gasteiger partial charge in [0.1, 0.15) is 0 Å². The molecule has 9 nitrogen and oxygen atoms in total. The summed E-state index contributed by atoms with van der Waals surface area (Å²) in [7, 11) is -2.63. The predicted octanol–water partition coefficient (Wildman–Crippen LogP) is 4.13. The monoisotopic (exact) mass is 549 g/mol. The largest absolute Gasteiger partial charge is 0.326 e. The van der Waals surface area contributed by atoms with Gasteiger partial charge in [-0.2, -0.15) is 9.41 Å². The summed E-state index contributed by atoms with van der Waals surface area (Å²) in [5.74, 6) is -0.881. The lowest BCUT2D eigenvalue weighted by Gasteiger charge is -2.16. The highest BCUT2D eigenvalue weighted by atomic mass is 35.5. The van der Waals surface area contributed by atoms with Crippen LogP contribution in [0.3, 0.4) is 0 Å². The number of aryl methyl sites for hydroxylation is 1. The average Bonchev–Trinajstić information content (AvgIpc) is 3.08. The number of hydrogen-bond acceptors (Lipinski definition) is 5. The lowest BCUT2D eigenvalue weighted by molar-refractivity contribution is -0.121. The number of amides is 2. The topological polar surface area (TPSA) is 113 Å². The SMILES string of the molecule is CC(=O)Nc1ccc(S(=O)(=O)N(C)CC(=O)N/N=C\c2cc(C)n(-c3cc(Cl)ccc3Cl)c2C)cc1. The van der Waals surface area contributed by atoms with Crippen molar-refractivity contribution in [2.45, 2.75) is 25.7 Å². The first-order chi connectivity index (χ1) is 16.9. The Morgan fingerprint density at radius 2 is 1.75 bits per heavy atom. The Kier molecular flexibility index (Phi) is 8.57. The molecule has 0 aliphatic rings. The van der Waals surface area contributed by atoms with E-state index in [9.17, 15) is 18.0 Å². The number of anilines is 1. The molecule has 2 amide bonds. The highest BCUT2D eigenvalue weighted by molar-refractivity contribution is 7.89. The van der Waals surface area contributed by atoms with Crippen molar-refractivity contribution in [3.63, 3.8) is 0 Å². The summed E-state index contributed by atoms with van der Waals surface area (Å²) in [4.78, 5) is 23.5. The van der Waals surface area contributed by atoms with E-state index in [1.54, 1.807) is 18.2 Å². The molecule has 0 saturated carbocycles. The van der Waals surface area contributed by atoms with Crippen LogP contribution in [0, 0.1) is 13.8 Å². The first-order valence-electron chi connectivity index (χ1n) is 10.7. The van der Waals surface area contributed by atoms with Crippen LogP contribution in [0.1, 0.15) is 23.9 Å². The standard InChI is InChI=1S/C24H25Cl2N5O4S/c1-15-11-18(16(2)31(15)23-12-19(25)5-10-22(23)26)13-27-29-24(33)14-30(4)36(34,35)21-8-6-20(7-9-21)28-17(3)32/h5-13H,14H2,1-4H3,(H,28,32)(H,29,33)/b27-13-. The van der Waals surface area contributed by atoms with E-state index in [1.807, 2.05) is 24.5 Å². The summed E-state index contributed by atoms with van der Waals surface area (Å²) in [6.45, 7) is 4.70. The summed E-state index contributed by atoms with van der Waals surface area (Å²) in [6.07, 6.45) is 1.48. The summed E-state index contributed by atoms with van der Waals surface area (Å²) < 4.78 is 28.4. The van der Waals surface area contributed by atoms with Gasteiger partial charge < -0.3 is 9.88 Å². The first kappa shape index (κ1) is 27.4. The van der Waals surface area contributed by atoms with Crippen molar-refractivity contribution in [2.24, 2.45) is 5.10 Å². The van der Waals surface area contributed by atoms with Crippen molar-refractivity contribution in [3.8, 4) is 5.69 Å². The Labute approximate surface area is 219 Å². The Hall–Kier alpha value is -3.18. The van der Waals surface area contributed by atoms with Crippen LogP contribution in [0.5, 0.6) is 0 Å². The van der Waals surface area contributed by atoms with Gasteiger partial charge in [0, 0.05) is 41.6 Å². The van der Waals surface area contributed by atoms with Crippen LogP contribution in [-0.4, -0.2) is 48.9 Å². The zero-order chi connectivity index (χ0) is 26.6. The second-order valence-electron chi connectivity index (χ2n) is 8.02. The Morgan fingerprint density at radius 1 is 1.08 bits per heavy atom. The van der Waals surface area contributed by atoms with Gasteiger partial charge in [-0.15, -0.1) is 0 Å². The van der Waals surface area contributed by atoms with Crippen LogP contribution in [0.15, 0.2) is 58.5 Å². The third-order valence-electron chi connectivity index (χ3n) is 5.26. The third-order valence-corrected chi connectivity index (χ3v) is 7.63. The van der Waals surface area contributed by atoms with E-state index in [0.717, 1.165) is 26.9 Å². The zero-order valence-corrected chi connectivity index (χ0v) is 22.4. The first-order valence-corrected chi connectivity index (χ1v) is 12.9. The molecular formula is C24H25Cl2N5O4S. The maximum absolute atomic E-state index is 12.8. The van der Waals surface area contributed by atoms with E-state index < -0.39 is 22.5 Å². The molecule has 0 atom stereocenters. The third kappa shape index (κ3) is 6.33. The quantitative estimate of drug-likeness (QED) is 0.324. The number of nitrogens with zero attached hydrogens (tertiary/aromatic N) is 3. The summed E-state index contributed by atoms with van der Waals surface area (Å²) >= 11 is 12.5. The van der Waals surface area contributed by atoms with E-state index >= 15 is 0 Å². The number of carbonyl (C=O) groups excluding carboxylic acids is 2. The Bertz CT molecular complexity index is 1430. The number of rotatable bonds is 8. The minimum absolute atomic E-state index is 0.0116. The van der Waals surface area contributed by atoms with Gasteiger partial charge in [-0.1, -0.05) is 23.2 Å². The van der Waals surface area contributed by atoms with E-state index in [1.165, 1.54) is 44.5 Å². The van der Waals surface area contributed by atoms with Crippen molar-refractivity contribution in [1.29, 1.82) is 0 Å². The smallest absolute Gasteiger partial charge is 0.255 e. The van der Waals surface area contributed by atoms with E-state index in [2.05, 4.69) is 15.8 Å². The molecule has 1 aromatic heterocycles. The number of halogens is 2. The molecule has 0 aliphatic carbocycles. The Morgan fingerprint density at radius 3 is 2.39 bits per heavy atom. The molecule has 0 radical (unpaired) electrons. The molecule has 3 aromatic rings. The van der Waals surface area contributed by atoms with Gasteiger partial charge in [0.05, 0.1) is 28.4 Å². The van der Waals surface area contributed by atoms with Gasteiger partial charge in [0.15, 0.2) is 0 Å². The number of hydrazone groups is 1. The predicted molar refractivity (Wildman–Crippen MR) is 142 cm³/mol. The minimum atomic E-state index is -3.92. The average molecular weight is 550 g/mol. The van der Waals surface area contributed by atoms with Crippen molar-refractivity contribution in [2.75, 3.05) is 18.9 Å². The highest BCUT2D eigenvalue weighted by Gasteiger charge is 2.23. The van der Waals surface area contributed by atoms with Crippen molar-refractivity contribution in [1.82, 2.24) is 14.3 Å². The van der Waals surface area contributed by atoms with Crippen molar-refractivity contribution >= 4 is 56.9 Å². The van der Waals surface area contributed by atoms with Crippen LogP contribution in [0.2, 0.25) is 10.0 Å². The molecule has 36 heavy (non-hydrogen) atoms. The summed E-state index contributed by atoms with van der Waals surface area (Å²) in [5, 5.41) is 7.62. The number of nitrogens with one attached hydrogen (secondary N) is 2. The summed E-state index contributed by atoms with van der Waals surface area (Å²) in [5.41, 5.74) is 6.00. The number of carbonyl (C=O) groups is 2. The normalized spacial score (nSPS) is 11.8. The zero-order valence-electron chi connectivity index (χ0n) is 20.0. The number of benzene rings is 2. The molecule has 0 bridgehead atoms. The van der Waals surface area contributed by atoms with Crippen molar-refractivity contribution < 1.29 is 18.0 Å². The van der Waals surface area contributed by atoms with Crippen LogP contribution in [-0.2, 0) is 19.6 Å². The lowest BCUT2D eigenvalue weighted by Crippen LogP contribution is -2.36. The van der Waals surface area contributed by atoms with Gasteiger partial charge in [-0.3, -0.25) is 9.59 Å². The second-order valence-corrected chi connectivity index (χ2v) is 10.9. The van der Waals surface area contributed by atoms with Crippen molar-refractivity contribution in [3.05, 3.63) is 75.5 Å². The maximum atomic E-state index is 12.8. The molecule has 12 heteroatoms. The number of likely N-dealkylation sites (N-methyl/N-ethyl adjacent to an activating group) is 1. The van der Waals surface area contributed by atoms with Crippen LogP contribution in [0.4, 0.5) is 5.69 Å². The van der Waals surface area contributed by atoms with Crippen LogP contribution in [0.25, 0.3) is 5.69 Å². The number of hydrogen-bond donors (Lipinski definition) is 2. The van der Waals surface area contributed by atoms with E-state index in [4.69, 9.17) is 23.2 Å². The molecular weight excluding hydrogens is 525 g/mol. The molecule has 2 N–H and O–H groups in total. The second kappa shape index (κ2) is 11.3. The number of aromatic nitrogens is 1. The maximum Gasteiger partial charge on any atom is 0.255 e. The van der Waals surface area contributed by atoms with Gasteiger partial charge in [-0.05, 0) is 62.4 Å². The number of sulfonamides is 1. The molecule has 2 aromatic carbocycles. The van der Waals surface area contributed by atoms with Crippen LogP contribution < -0.4 is 10.7 Å². The van der Waals surface area contributed by atoms with Gasteiger partial charge in [-0.25, -0.2) is 13.8 Å². The lowest BCUT2D eigenvalue weighted by atomic mass is 10.2. The molecule has 190 valence electrons. The molecule has 0 spiro atoms. The van der Waals surface area contributed by atoms with E-state index in [-0.39, 0.29) is 10.8 Å². The van der Waals surface area contributed by atoms with E-state index in [0.29, 0.717) is 15.7 Å².